The Hall–Kier alpha value is -0.590. The zero-order valence-electron chi connectivity index (χ0n) is 13.2. The van der Waals surface area contributed by atoms with Crippen molar-refractivity contribution in [1.82, 2.24) is 10.2 Å². The van der Waals surface area contributed by atoms with Crippen LogP contribution in [0.5, 0.6) is 0 Å². The number of aryl methyl sites for hydroxylation is 1. The molecule has 0 spiro atoms. The maximum absolute atomic E-state index is 12.5. The van der Waals surface area contributed by atoms with Gasteiger partial charge in [-0.1, -0.05) is 20.8 Å². The predicted molar refractivity (Wildman–Crippen MR) is 82.6 cm³/mol. The molecule has 0 saturated heterocycles. The Labute approximate surface area is 129 Å². The normalized spacial score (nSPS) is 12.6. The van der Waals surface area contributed by atoms with Crippen LogP contribution in [0.15, 0.2) is 6.07 Å². The van der Waals surface area contributed by atoms with E-state index < -0.39 is 12.7 Å². The van der Waals surface area contributed by atoms with E-state index in [0.29, 0.717) is 19.0 Å². The minimum atomic E-state index is -4.14. The minimum Gasteiger partial charge on any atom is -0.312 e. The lowest BCUT2D eigenvalue weighted by atomic mass is 10.2. The van der Waals surface area contributed by atoms with Gasteiger partial charge >= 0.3 is 6.18 Å². The van der Waals surface area contributed by atoms with Crippen molar-refractivity contribution in [3.05, 3.63) is 21.4 Å². The first-order valence-electron chi connectivity index (χ1n) is 7.29. The zero-order valence-corrected chi connectivity index (χ0v) is 14.0. The van der Waals surface area contributed by atoms with E-state index in [1.165, 1.54) is 9.78 Å². The summed E-state index contributed by atoms with van der Waals surface area (Å²) in [7, 11) is 0. The highest BCUT2D eigenvalue weighted by Crippen LogP contribution is 2.24. The van der Waals surface area contributed by atoms with Crippen LogP contribution < -0.4 is 5.32 Å². The molecule has 0 amide bonds. The van der Waals surface area contributed by atoms with Gasteiger partial charge < -0.3 is 5.32 Å². The first-order valence-corrected chi connectivity index (χ1v) is 8.11. The first-order chi connectivity index (χ1) is 9.71. The summed E-state index contributed by atoms with van der Waals surface area (Å²) in [5.41, 5.74) is 1.01. The van der Waals surface area contributed by atoms with Gasteiger partial charge in [-0.05, 0) is 37.6 Å². The minimum absolute atomic E-state index is 0.364. The van der Waals surface area contributed by atoms with E-state index in [1.807, 2.05) is 13.0 Å². The molecule has 0 unspecified atom stereocenters. The number of hydrogen-bond acceptors (Lipinski definition) is 3. The van der Waals surface area contributed by atoms with Gasteiger partial charge in [0, 0.05) is 22.8 Å². The number of thiophene rings is 1. The van der Waals surface area contributed by atoms with E-state index >= 15 is 0 Å². The average molecular weight is 322 g/mol. The average Bonchev–Trinajstić information content (AvgIpc) is 2.67. The zero-order chi connectivity index (χ0) is 16.0. The van der Waals surface area contributed by atoms with Crippen LogP contribution in [0.25, 0.3) is 0 Å². The molecule has 21 heavy (non-hydrogen) atoms. The molecule has 0 bridgehead atoms. The van der Waals surface area contributed by atoms with E-state index in [1.54, 1.807) is 18.3 Å². The molecule has 1 rings (SSSR count). The fourth-order valence-electron chi connectivity index (χ4n) is 2.09. The third-order valence-electron chi connectivity index (χ3n) is 3.17. The molecule has 0 saturated carbocycles. The molecular weight excluding hydrogens is 297 g/mol. The second-order valence-electron chi connectivity index (χ2n) is 5.74. The maximum atomic E-state index is 12.5. The molecule has 0 aliphatic rings. The molecule has 1 aromatic heterocycles. The highest BCUT2D eigenvalue weighted by molar-refractivity contribution is 7.12. The SMILES string of the molecule is CCN(Cc1cc(CNCC(C)C)sc1C)CC(F)(F)F. The summed E-state index contributed by atoms with van der Waals surface area (Å²) in [4.78, 5) is 3.73. The molecule has 6 heteroatoms. The molecule has 1 N–H and O–H groups in total. The monoisotopic (exact) mass is 322 g/mol. The van der Waals surface area contributed by atoms with E-state index in [-0.39, 0.29) is 0 Å². The summed E-state index contributed by atoms with van der Waals surface area (Å²) < 4.78 is 37.5. The summed E-state index contributed by atoms with van der Waals surface area (Å²) in [6.45, 7) is 9.68. The van der Waals surface area contributed by atoms with Gasteiger partial charge in [-0.25, -0.2) is 0 Å². The Morgan fingerprint density at radius 1 is 1.33 bits per heavy atom. The van der Waals surface area contributed by atoms with E-state index in [0.717, 1.165) is 23.5 Å². The Morgan fingerprint density at radius 2 is 2.00 bits per heavy atom. The van der Waals surface area contributed by atoms with Crippen LogP contribution in [0.3, 0.4) is 0 Å². The second kappa shape index (κ2) is 8.15. The van der Waals surface area contributed by atoms with E-state index in [4.69, 9.17) is 0 Å². The molecule has 122 valence electrons. The Bertz CT molecular complexity index is 427. The van der Waals surface area contributed by atoms with Crippen molar-refractivity contribution < 1.29 is 13.2 Å². The van der Waals surface area contributed by atoms with Gasteiger partial charge in [-0.2, -0.15) is 13.2 Å². The second-order valence-corrected chi connectivity index (χ2v) is 7.08. The summed E-state index contributed by atoms with van der Waals surface area (Å²) in [6, 6.07) is 2.03. The van der Waals surface area contributed by atoms with Gasteiger partial charge in [-0.15, -0.1) is 11.3 Å². The molecule has 0 aromatic carbocycles. The van der Waals surface area contributed by atoms with Gasteiger partial charge in [0.15, 0.2) is 0 Å². The molecule has 2 nitrogen and oxygen atoms in total. The largest absolute Gasteiger partial charge is 0.401 e. The van der Waals surface area contributed by atoms with E-state index in [9.17, 15) is 13.2 Å². The van der Waals surface area contributed by atoms with Crippen molar-refractivity contribution in [2.45, 2.75) is 47.0 Å². The maximum Gasteiger partial charge on any atom is 0.401 e. The highest BCUT2D eigenvalue weighted by atomic mass is 32.1. The summed E-state index contributed by atoms with van der Waals surface area (Å²) in [5.74, 6) is 0.591. The quantitative estimate of drug-likeness (QED) is 0.772. The lowest BCUT2D eigenvalue weighted by molar-refractivity contribution is -0.146. The standard InChI is InChI=1S/C15H25F3N2S/c1-5-20(10-15(16,17)18)9-13-6-14(21-12(13)4)8-19-7-11(2)3/h6,11,19H,5,7-10H2,1-4H3. The number of nitrogens with one attached hydrogen (secondary N) is 1. The van der Waals surface area contributed by atoms with Crippen molar-refractivity contribution >= 4 is 11.3 Å². The Morgan fingerprint density at radius 3 is 2.52 bits per heavy atom. The number of nitrogens with zero attached hydrogens (tertiary/aromatic N) is 1. The van der Waals surface area contributed by atoms with Crippen molar-refractivity contribution in [3.63, 3.8) is 0 Å². The number of alkyl halides is 3. The fraction of sp³-hybridized carbons (Fsp3) is 0.733. The van der Waals surface area contributed by atoms with Gasteiger partial charge in [0.05, 0.1) is 6.54 Å². The van der Waals surface area contributed by atoms with Crippen LogP contribution in [0.4, 0.5) is 13.2 Å². The van der Waals surface area contributed by atoms with Crippen LogP contribution in [0, 0.1) is 12.8 Å². The van der Waals surface area contributed by atoms with Crippen molar-refractivity contribution in [2.24, 2.45) is 5.92 Å². The predicted octanol–water partition coefficient (Wildman–Crippen LogP) is 4.19. The molecule has 0 radical (unpaired) electrons. The molecule has 0 aliphatic heterocycles. The Balaban J connectivity index is 2.60. The van der Waals surface area contributed by atoms with Crippen LogP contribution >= 0.6 is 11.3 Å². The van der Waals surface area contributed by atoms with Gasteiger partial charge in [0.1, 0.15) is 0 Å². The highest BCUT2D eigenvalue weighted by Gasteiger charge is 2.30. The fourth-order valence-corrected chi connectivity index (χ4v) is 3.11. The lowest BCUT2D eigenvalue weighted by Gasteiger charge is -2.21. The van der Waals surface area contributed by atoms with Crippen LogP contribution in [-0.4, -0.2) is 30.7 Å². The van der Waals surface area contributed by atoms with Crippen molar-refractivity contribution in [3.8, 4) is 0 Å². The first kappa shape index (κ1) is 18.5. The lowest BCUT2D eigenvalue weighted by Crippen LogP contribution is -2.33. The van der Waals surface area contributed by atoms with Gasteiger partial charge in [-0.3, -0.25) is 4.90 Å². The third-order valence-corrected chi connectivity index (χ3v) is 4.26. The van der Waals surface area contributed by atoms with E-state index in [2.05, 4.69) is 19.2 Å². The van der Waals surface area contributed by atoms with Crippen molar-refractivity contribution in [2.75, 3.05) is 19.6 Å². The smallest absolute Gasteiger partial charge is 0.312 e. The number of rotatable bonds is 8. The molecule has 0 fully saturated rings. The Kier molecular flexibility index (Phi) is 7.16. The summed E-state index contributed by atoms with van der Waals surface area (Å²) in [6.07, 6.45) is -4.14. The van der Waals surface area contributed by atoms with Gasteiger partial charge in [0.2, 0.25) is 0 Å². The van der Waals surface area contributed by atoms with Crippen LogP contribution in [-0.2, 0) is 13.1 Å². The van der Waals surface area contributed by atoms with Crippen molar-refractivity contribution in [1.29, 1.82) is 0 Å². The topological polar surface area (TPSA) is 15.3 Å². The van der Waals surface area contributed by atoms with Gasteiger partial charge in [0.25, 0.3) is 0 Å². The molecule has 1 heterocycles. The molecule has 0 aliphatic carbocycles. The third kappa shape index (κ3) is 7.29. The molecule has 1 aromatic rings. The number of halogens is 3. The molecule has 0 atom stereocenters. The number of hydrogen-bond donors (Lipinski definition) is 1. The molecular formula is C15H25F3N2S. The van der Waals surface area contributed by atoms with Crippen LogP contribution in [0.2, 0.25) is 0 Å². The summed E-state index contributed by atoms with van der Waals surface area (Å²) in [5, 5.41) is 3.36. The van der Waals surface area contributed by atoms with Crippen LogP contribution in [0.1, 0.15) is 36.1 Å². The summed E-state index contributed by atoms with van der Waals surface area (Å²) >= 11 is 1.67.